The highest BCUT2D eigenvalue weighted by molar-refractivity contribution is 5.18. The van der Waals surface area contributed by atoms with Gasteiger partial charge in [-0.1, -0.05) is 30.7 Å². The largest absolute Gasteiger partial charge is 0.495 e. The van der Waals surface area contributed by atoms with Crippen LogP contribution >= 0.6 is 0 Å². The van der Waals surface area contributed by atoms with Crippen molar-refractivity contribution in [2.75, 3.05) is 32.9 Å². The third kappa shape index (κ3) is 4.84. The lowest BCUT2D eigenvalue weighted by Gasteiger charge is -2.12. The van der Waals surface area contributed by atoms with E-state index < -0.39 is 0 Å². The van der Waals surface area contributed by atoms with Crippen molar-refractivity contribution >= 4 is 0 Å². The molecule has 3 nitrogen and oxygen atoms in total. The lowest BCUT2D eigenvalue weighted by atomic mass is 10.1. The minimum atomic E-state index is 0.295. The average molecular weight is 263 g/mol. The van der Waals surface area contributed by atoms with E-state index in [2.05, 4.69) is 36.5 Å². The normalized spacial score (nSPS) is 29.4. The number of nitrogens with one attached hydrogen (secondary N) is 1. The van der Waals surface area contributed by atoms with E-state index in [9.17, 15) is 0 Å². The second-order valence-electron chi connectivity index (χ2n) is 4.97. The number of allylic oxidation sites excluding steroid dienone is 3. The third-order valence-electron chi connectivity index (χ3n) is 3.51. The summed E-state index contributed by atoms with van der Waals surface area (Å²) in [7, 11) is 0. The van der Waals surface area contributed by atoms with Gasteiger partial charge in [0.25, 0.3) is 0 Å². The van der Waals surface area contributed by atoms with Gasteiger partial charge in [0.15, 0.2) is 0 Å². The molecule has 106 valence electrons. The van der Waals surface area contributed by atoms with E-state index in [1.807, 2.05) is 0 Å². The number of hydrogen-bond donors (Lipinski definition) is 1. The van der Waals surface area contributed by atoms with Gasteiger partial charge in [-0.2, -0.15) is 0 Å². The molecule has 0 saturated carbocycles. The van der Waals surface area contributed by atoms with Crippen LogP contribution < -0.4 is 5.32 Å². The standard InChI is InChI=1S/C16H25NO2/c1-2-17-10-9-14-5-3-7-15-13-18-11-12-19-16(15)8-4-6-14/h3,6-8,15,17H,2,4-5,9-13H2,1H3/b7-3?,14-6+,16-8+/t15-/m0/s1. The first-order valence-corrected chi connectivity index (χ1v) is 7.36. The Labute approximate surface area is 116 Å². The molecular weight excluding hydrogens is 238 g/mol. The highest BCUT2D eigenvalue weighted by Gasteiger charge is 2.16. The van der Waals surface area contributed by atoms with E-state index in [0.717, 1.165) is 44.7 Å². The molecule has 0 radical (unpaired) electrons. The molecule has 1 aliphatic heterocycles. The van der Waals surface area contributed by atoms with Crippen LogP contribution in [0.15, 0.2) is 35.6 Å². The molecule has 1 N–H and O–H groups in total. The van der Waals surface area contributed by atoms with Crippen molar-refractivity contribution in [3.63, 3.8) is 0 Å². The number of ether oxygens (including phenoxy) is 2. The zero-order valence-corrected chi connectivity index (χ0v) is 11.9. The summed E-state index contributed by atoms with van der Waals surface area (Å²) < 4.78 is 11.3. The maximum absolute atomic E-state index is 5.78. The molecule has 0 aromatic carbocycles. The first-order chi connectivity index (χ1) is 9.40. The molecule has 0 amide bonds. The second kappa shape index (κ2) is 8.18. The number of hydrogen-bond acceptors (Lipinski definition) is 3. The molecule has 1 aliphatic carbocycles. The molecule has 2 rings (SSSR count). The third-order valence-corrected chi connectivity index (χ3v) is 3.51. The van der Waals surface area contributed by atoms with E-state index in [1.165, 1.54) is 5.57 Å². The Morgan fingerprint density at radius 1 is 1.32 bits per heavy atom. The van der Waals surface area contributed by atoms with Crippen LogP contribution in [0.4, 0.5) is 0 Å². The Morgan fingerprint density at radius 2 is 2.26 bits per heavy atom. The molecular formula is C16H25NO2. The minimum absolute atomic E-state index is 0.295. The maximum atomic E-state index is 5.78. The van der Waals surface area contributed by atoms with Gasteiger partial charge in [0.05, 0.1) is 19.1 Å². The van der Waals surface area contributed by atoms with Crippen molar-refractivity contribution in [2.45, 2.75) is 26.2 Å². The van der Waals surface area contributed by atoms with E-state index in [0.29, 0.717) is 19.1 Å². The molecule has 1 atom stereocenters. The zero-order valence-electron chi connectivity index (χ0n) is 11.9. The van der Waals surface area contributed by atoms with E-state index in [4.69, 9.17) is 9.47 Å². The topological polar surface area (TPSA) is 30.5 Å². The smallest absolute Gasteiger partial charge is 0.111 e. The van der Waals surface area contributed by atoms with Gasteiger partial charge in [0.1, 0.15) is 12.4 Å². The molecule has 0 spiro atoms. The number of rotatable bonds is 4. The molecule has 1 saturated heterocycles. The molecule has 1 fully saturated rings. The van der Waals surface area contributed by atoms with Gasteiger partial charge in [-0.15, -0.1) is 0 Å². The summed E-state index contributed by atoms with van der Waals surface area (Å²) in [4.78, 5) is 0. The van der Waals surface area contributed by atoms with Crippen molar-refractivity contribution in [2.24, 2.45) is 5.92 Å². The molecule has 19 heavy (non-hydrogen) atoms. The molecule has 3 heteroatoms. The van der Waals surface area contributed by atoms with Crippen LogP contribution in [0.1, 0.15) is 26.2 Å². The molecule has 2 aliphatic rings. The second-order valence-corrected chi connectivity index (χ2v) is 4.97. The van der Waals surface area contributed by atoms with Gasteiger partial charge >= 0.3 is 0 Å². The average Bonchev–Trinajstić information content (AvgIpc) is 2.59. The van der Waals surface area contributed by atoms with Crippen LogP contribution in [-0.4, -0.2) is 32.9 Å². The van der Waals surface area contributed by atoms with Crippen LogP contribution in [-0.2, 0) is 9.47 Å². The van der Waals surface area contributed by atoms with Crippen LogP contribution in [0, 0.1) is 5.92 Å². The van der Waals surface area contributed by atoms with E-state index in [1.54, 1.807) is 0 Å². The fourth-order valence-electron chi connectivity index (χ4n) is 2.42. The predicted molar refractivity (Wildman–Crippen MR) is 78.0 cm³/mol. The Kier molecular flexibility index (Phi) is 6.18. The molecule has 0 aromatic rings. The van der Waals surface area contributed by atoms with Crippen molar-refractivity contribution in [1.82, 2.24) is 5.32 Å². The van der Waals surface area contributed by atoms with Crippen molar-refractivity contribution < 1.29 is 9.47 Å². The molecule has 1 heterocycles. The molecule has 0 unspecified atom stereocenters. The van der Waals surface area contributed by atoms with E-state index in [-0.39, 0.29) is 0 Å². The zero-order chi connectivity index (χ0) is 13.3. The van der Waals surface area contributed by atoms with Gasteiger partial charge < -0.3 is 14.8 Å². The summed E-state index contributed by atoms with van der Waals surface area (Å²) >= 11 is 0. The fourth-order valence-corrected chi connectivity index (χ4v) is 2.42. The first kappa shape index (κ1) is 14.4. The predicted octanol–water partition coefficient (Wildman–Crippen LogP) is 2.81. The quantitative estimate of drug-likeness (QED) is 0.625. The first-order valence-electron chi connectivity index (χ1n) is 7.36. The molecule has 0 aromatic heterocycles. The van der Waals surface area contributed by atoms with Crippen LogP contribution in [0.25, 0.3) is 0 Å². The summed E-state index contributed by atoms with van der Waals surface area (Å²) in [6.07, 6.45) is 12.2. The summed E-state index contributed by atoms with van der Waals surface area (Å²) in [5, 5.41) is 3.38. The highest BCUT2D eigenvalue weighted by Crippen LogP contribution is 2.22. The SMILES string of the molecule is CCNCC/C1=C/C/C=C2/OCCOC[C@@H]2C=CC1. The summed E-state index contributed by atoms with van der Waals surface area (Å²) in [5.41, 5.74) is 1.51. The molecule has 0 bridgehead atoms. The van der Waals surface area contributed by atoms with Crippen LogP contribution in [0.5, 0.6) is 0 Å². The lowest BCUT2D eigenvalue weighted by Crippen LogP contribution is -2.14. The Morgan fingerprint density at radius 3 is 3.16 bits per heavy atom. The summed E-state index contributed by atoms with van der Waals surface area (Å²) in [5.74, 6) is 1.38. The Hall–Kier alpha value is -1.06. The maximum Gasteiger partial charge on any atom is 0.111 e. The highest BCUT2D eigenvalue weighted by atomic mass is 16.5. The fraction of sp³-hybridized carbons (Fsp3) is 0.625. The summed E-state index contributed by atoms with van der Waals surface area (Å²) in [6, 6.07) is 0. The van der Waals surface area contributed by atoms with Crippen molar-refractivity contribution in [3.8, 4) is 0 Å². The van der Waals surface area contributed by atoms with Crippen molar-refractivity contribution in [3.05, 3.63) is 35.6 Å². The van der Waals surface area contributed by atoms with Crippen LogP contribution in [0.2, 0.25) is 0 Å². The van der Waals surface area contributed by atoms with Gasteiger partial charge in [0, 0.05) is 0 Å². The van der Waals surface area contributed by atoms with E-state index >= 15 is 0 Å². The van der Waals surface area contributed by atoms with Gasteiger partial charge in [-0.25, -0.2) is 0 Å². The van der Waals surface area contributed by atoms with Crippen LogP contribution in [0.3, 0.4) is 0 Å². The Bertz CT molecular complexity index is 358. The monoisotopic (exact) mass is 263 g/mol. The minimum Gasteiger partial charge on any atom is -0.495 e. The van der Waals surface area contributed by atoms with Crippen molar-refractivity contribution in [1.29, 1.82) is 0 Å². The van der Waals surface area contributed by atoms with Gasteiger partial charge in [0.2, 0.25) is 0 Å². The Balaban J connectivity index is 1.97. The number of fused-ring (bicyclic) bond motifs is 1. The van der Waals surface area contributed by atoms with Gasteiger partial charge in [-0.3, -0.25) is 0 Å². The van der Waals surface area contributed by atoms with Gasteiger partial charge in [-0.05, 0) is 38.4 Å². The lowest BCUT2D eigenvalue weighted by molar-refractivity contribution is 0.114. The summed E-state index contributed by atoms with van der Waals surface area (Å²) in [6.45, 7) is 6.37.